The molecule has 1 aliphatic carbocycles. The van der Waals surface area contributed by atoms with Gasteiger partial charge in [0.25, 0.3) is 0 Å². The highest BCUT2D eigenvalue weighted by Gasteiger charge is 2.26. The van der Waals surface area contributed by atoms with Crippen molar-refractivity contribution in [1.82, 2.24) is 4.90 Å². The summed E-state index contributed by atoms with van der Waals surface area (Å²) in [5.74, 6) is -0.715. The maximum Gasteiger partial charge on any atom is 0.326 e. The number of likely N-dealkylation sites (N-methyl/N-ethyl adjacent to an activating group) is 1. The van der Waals surface area contributed by atoms with E-state index >= 15 is 0 Å². The molecule has 0 spiro atoms. The number of rotatable bonds is 5. The highest BCUT2D eigenvalue weighted by Crippen LogP contribution is 2.21. The average molecular weight is 225 g/mol. The van der Waals surface area contributed by atoms with Crippen LogP contribution >= 0.6 is 0 Å². The number of carbonyl (C=O) groups is 2. The van der Waals surface area contributed by atoms with E-state index in [2.05, 4.69) is 6.08 Å². The maximum atomic E-state index is 11.8. The first-order valence-electron chi connectivity index (χ1n) is 5.71. The minimum Gasteiger partial charge on any atom is -0.480 e. The Labute approximate surface area is 95.9 Å². The molecule has 2 unspecified atom stereocenters. The lowest BCUT2D eigenvalue weighted by molar-refractivity contribution is -0.149. The molecule has 0 aromatic carbocycles. The minimum atomic E-state index is -0.930. The van der Waals surface area contributed by atoms with E-state index < -0.39 is 12.0 Å². The van der Waals surface area contributed by atoms with Gasteiger partial charge in [0, 0.05) is 13.5 Å². The molecule has 0 aromatic heterocycles. The van der Waals surface area contributed by atoms with Gasteiger partial charge in [-0.1, -0.05) is 19.1 Å². The zero-order valence-electron chi connectivity index (χ0n) is 9.85. The van der Waals surface area contributed by atoms with E-state index in [1.54, 1.807) is 14.0 Å². The van der Waals surface area contributed by atoms with Gasteiger partial charge in [-0.05, 0) is 25.2 Å². The second-order valence-corrected chi connectivity index (χ2v) is 4.24. The number of carbonyl (C=O) groups excluding carboxylic acids is 1. The number of amides is 1. The molecule has 2 atom stereocenters. The maximum absolute atomic E-state index is 11.8. The number of hydrogen-bond donors (Lipinski definition) is 1. The SMILES string of the molecule is CCC(C(=O)O)N(C)C(=O)CC1C=CCC1. The van der Waals surface area contributed by atoms with Gasteiger partial charge in [0.1, 0.15) is 6.04 Å². The van der Waals surface area contributed by atoms with Gasteiger partial charge in [-0.3, -0.25) is 4.79 Å². The van der Waals surface area contributed by atoms with Crippen LogP contribution in [0.4, 0.5) is 0 Å². The van der Waals surface area contributed by atoms with Crippen LogP contribution in [0.5, 0.6) is 0 Å². The number of carboxylic acid groups (broad SMARTS) is 1. The number of carboxylic acids is 1. The van der Waals surface area contributed by atoms with Crippen LogP contribution in [0.15, 0.2) is 12.2 Å². The summed E-state index contributed by atoms with van der Waals surface area (Å²) >= 11 is 0. The van der Waals surface area contributed by atoms with E-state index in [0.717, 1.165) is 12.8 Å². The molecule has 0 aromatic rings. The van der Waals surface area contributed by atoms with Crippen LogP contribution in [-0.2, 0) is 9.59 Å². The molecule has 0 bridgehead atoms. The summed E-state index contributed by atoms with van der Waals surface area (Å²) in [6.45, 7) is 1.78. The van der Waals surface area contributed by atoms with E-state index in [9.17, 15) is 9.59 Å². The third kappa shape index (κ3) is 3.08. The monoisotopic (exact) mass is 225 g/mol. The van der Waals surface area contributed by atoms with Crippen molar-refractivity contribution < 1.29 is 14.7 Å². The van der Waals surface area contributed by atoms with Crippen LogP contribution in [-0.4, -0.2) is 35.0 Å². The number of aliphatic carboxylic acids is 1. The van der Waals surface area contributed by atoms with Crippen LogP contribution in [0.25, 0.3) is 0 Å². The molecule has 0 radical (unpaired) electrons. The average Bonchev–Trinajstić information content (AvgIpc) is 2.70. The summed E-state index contributed by atoms with van der Waals surface area (Å²) in [6, 6.07) is -0.696. The van der Waals surface area contributed by atoms with Crippen LogP contribution in [0.3, 0.4) is 0 Å². The standard InChI is InChI=1S/C12H19NO3/c1-3-10(12(15)16)13(2)11(14)8-9-6-4-5-7-9/h4,6,9-10H,3,5,7-8H2,1-2H3,(H,15,16). The zero-order chi connectivity index (χ0) is 12.1. The van der Waals surface area contributed by atoms with Crippen molar-refractivity contribution in [2.24, 2.45) is 5.92 Å². The highest BCUT2D eigenvalue weighted by molar-refractivity contribution is 5.83. The largest absolute Gasteiger partial charge is 0.480 e. The van der Waals surface area contributed by atoms with Gasteiger partial charge in [-0.25, -0.2) is 4.79 Å². The van der Waals surface area contributed by atoms with Crippen molar-refractivity contribution in [2.75, 3.05) is 7.05 Å². The van der Waals surface area contributed by atoms with Crippen LogP contribution in [0.2, 0.25) is 0 Å². The summed E-state index contributed by atoms with van der Waals surface area (Å²) in [7, 11) is 1.57. The molecule has 0 aliphatic heterocycles. The lowest BCUT2D eigenvalue weighted by Crippen LogP contribution is -2.42. The first-order chi connectivity index (χ1) is 7.56. The molecule has 0 saturated heterocycles. The molecule has 1 amide bonds. The van der Waals surface area contributed by atoms with Crippen LogP contribution in [0.1, 0.15) is 32.6 Å². The van der Waals surface area contributed by atoms with Crippen molar-refractivity contribution in [1.29, 1.82) is 0 Å². The lowest BCUT2D eigenvalue weighted by atomic mass is 10.0. The van der Waals surface area contributed by atoms with Gasteiger partial charge < -0.3 is 10.0 Å². The number of hydrogen-bond acceptors (Lipinski definition) is 2. The molecule has 90 valence electrons. The molecule has 4 heteroatoms. The number of nitrogens with zero attached hydrogens (tertiary/aromatic N) is 1. The fourth-order valence-corrected chi connectivity index (χ4v) is 2.02. The Bertz CT molecular complexity index is 299. The molecule has 16 heavy (non-hydrogen) atoms. The molecular formula is C12H19NO3. The summed E-state index contributed by atoms with van der Waals surface area (Å²) in [4.78, 5) is 24.1. The number of allylic oxidation sites excluding steroid dienone is 2. The minimum absolute atomic E-state index is 0.0780. The Hall–Kier alpha value is -1.32. The molecule has 0 saturated carbocycles. The lowest BCUT2D eigenvalue weighted by Gasteiger charge is -2.24. The first kappa shape index (κ1) is 12.7. The van der Waals surface area contributed by atoms with Crippen molar-refractivity contribution in [3.8, 4) is 0 Å². The molecule has 1 rings (SSSR count). The van der Waals surface area contributed by atoms with E-state index in [4.69, 9.17) is 5.11 Å². The molecule has 0 fully saturated rings. The smallest absolute Gasteiger partial charge is 0.326 e. The second-order valence-electron chi connectivity index (χ2n) is 4.24. The molecule has 1 aliphatic rings. The van der Waals surface area contributed by atoms with E-state index in [1.165, 1.54) is 4.90 Å². The topological polar surface area (TPSA) is 57.6 Å². The summed E-state index contributed by atoms with van der Waals surface area (Å²) in [5.41, 5.74) is 0. The Morgan fingerprint density at radius 1 is 1.56 bits per heavy atom. The van der Waals surface area contributed by atoms with Gasteiger partial charge in [0.2, 0.25) is 5.91 Å². The Kier molecular flexibility index (Phi) is 4.52. The predicted octanol–water partition coefficient (Wildman–Crippen LogP) is 1.66. The molecule has 4 nitrogen and oxygen atoms in total. The van der Waals surface area contributed by atoms with Crippen LogP contribution in [0, 0.1) is 5.92 Å². The summed E-state index contributed by atoms with van der Waals surface area (Å²) in [6.07, 6.45) is 7.02. The Morgan fingerprint density at radius 2 is 2.25 bits per heavy atom. The molecule has 1 N–H and O–H groups in total. The van der Waals surface area contributed by atoms with Crippen molar-refractivity contribution in [3.63, 3.8) is 0 Å². The molecule has 0 heterocycles. The van der Waals surface area contributed by atoms with Crippen molar-refractivity contribution in [3.05, 3.63) is 12.2 Å². The van der Waals surface area contributed by atoms with E-state index in [-0.39, 0.29) is 5.91 Å². The van der Waals surface area contributed by atoms with Crippen molar-refractivity contribution in [2.45, 2.75) is 38.6 Å². The Morgan fingerprint density at radius 3 is 2.69 bits per heavy atom. The van der Waals surface area contributed by atoms with Gasteiger partial charge in [0.05, 0.1) is 0 Å². The van der Waals surface area contributed by atoms with Crippen LogP contribution < -0.4 is 0 Å². The Balaban J connectivity index is 2.51. The van der Waals surface area contributed by atoms with Gasteiger partial charge in [-0.15, -0.1) is 0 Å². The summed E-state index contributed by atoms with van der Waals surface area (Å²) in [5, 5.41) is 8.95. The highest BCUT2D eigenvalue weighted by atomic mass is 16.4. The van der Waals surface area contributed by atoms with E-state index in [1.807, 2.05) is 6.08 Å². The zero-order valence-corrected chi connectivity index (χ0v) is 9.85. The molecular weight excluding hydrogens is 206 g/mol. The second kappa shape index (κ2) is 5.68. The van der Waals surface area contributed by atoms with Gasteiger partial charge in [0.15, 0.2) is 0 Å². The third-order valence-corrected chi connectivity index (χ3v) is 3.08. The summed E-state index contributed by atoms with van der Waals surface area (Å²) < 4.78 is 0. The quantitative estimate of drug-likeness (QED) is 0.724. The third-order valence-electron chi connectivity index (χ3n) is 3.08. The fourth-order valence-electron chi connectivity index (χ4n) is 2.02. The predicted molar refractivity (Wildman–Crippen MR) is 61.0 cm³/mol. The van der Waals surface area contributed by atoms with Crippen molar-refractivity contribution >= 4 is 11.9 Å². The normalized spacial score (nSPS) is 20.8. The van der Waals surface area contributed by atoms with Gasteiger partial charge >= 0.3 is 5.97 Å². The first-order valence-corrected chi connectivity index (χ1v) is 5.71. The fraction of sp³-hybridized carbons (Fsp3) is 0.667. The van der Waals surface area contributed by atoms with E-state index in [0.29, 0.717) is 18.8 Å². The van der Waals surface area contributed by atoms with Gasteiger partial charge in [-0.2, -0.15) is 0 Å².